The van der Waals surface area contributed by atoms with E-state index in [9.17, 15) is 34.8 Å². The Labute approximate surface area is 227 Å². The van der Waals surface area contributed by atoms with Gasteiger partial charge in [-0.1, -0.05) is 6.07 Å². The summed E-state index contributed by atoms with van der Waals surface area (Å²) in [7, 11) is 7.26. The Kier molecular flexibility index (Phi) is 7.91. The lowest BCUT2D eigenvalue weighted by molar-refractivity contribution is -0.148. The van der Waals surface area contributed by atoms with Crippen LogP contribution in [0.2, 0.25) is 0 Å². The van der Waals surface area contributed by atoms with Gasteiger partial charge in [-0.2, -0.15) is 0 Å². The van der Waals surface area contributed by atoms with Gasteiger partial charge < -0.3 is 36.4 Å². The second-order valence-electron chi connectivity index (χ2n) is 11.2. The number of rotatable bonds is 9. The summed E-state index contributed by atoms with van der Waals surface area (Å²) in [5.41, 5.74) is 3.28. The normalized spacial score (nSPS) is 26.7. The number of allylic oxidation sites excluding steroid dienone is 1. The summed E-state index contributed by atoms with van der Waals surface area (Å²) in [6.07, 6.45) is 2.36. The molecule has 1 aromatic carbocycles. The van der Waals surface area contributed by atoms with Crippen LogP contribution in [0.15, 0.2) is 34.8 Å². The number of nitrogens with one attached hydrogen (secondary N) is 1. The number of hydrogen-bond donors (Lipinski definition) is 6. The molecule has 0 fully saturated rings. The number of hydrogen-bond acceptors (Lipinski definition) is 10. The largest absolute Gasteiger partial charge is 0.510 e. The predicted molar refractivity (Wildman–Crippen MR) is 143 cm³/mol. The topological polar surface area (TPSA) is 177 Å². The molecule has 1 amide bonds. The molecule has 11 nitrogen and oxygen atoms in total. The number of fused-ring (bicyclic) bond motifs is 3. The number of ketones is 2. The molecule has 0 saturated heterocycles. The third-order valence-electron chi connectivity index (χ3n) is 8.23. The van der Waals surface area contributed by atoms with Crippen molar-refractivity contribution >= 4 is 17.5 Å². The van der Waals surface area contributed by atoms with Gasteiger partial charge in [0.1, 0.15) is 22.8 Å². The number of phenolic OH excluding ortho intramolecular Hbond substituents is 1. The number of phenols is 1. The zero-order chi connectivity index (χ0) is 28.8. The molecule has 0 radical (unpaired) electrons. The second-order valence-corrected chi connectivity index (χ2v) is 11.2. The van der Waals surface area contributed by atoms with Gasteiger partial charge in [0.05, 0.1) is 11.6 Å². The van der Waals surface area contributed by atoms with Gasteiger partial charge in [0, 0.05) is 18.0 Å². The number of nitrogens with two attached hydrogens (primary N) is 1. The molecular formula is C28H38N4O7. The van der Waals surface area contributed by atoms with Crippen molar-refractivity contribution in [3.05, 3.63) is 51.5 Å². The van der Waals surface area contributed by atoms with E-state index in [1.807, 2.05) is 14.1 Å². The van der Waals surface area contributed by atoms with Gasteiger partial charge in [-0.15, -0.1) is 0 Å². The quantitative estimate of drug-likeness (QED) is 0.191. The summed E-state index contributed by atoms with van der Waals surface area (Å²) in [5, 5.41) is 47.9. The maximum Gasteiger partial charge on any atom is 0.255 e. The first-order valence-corrected chi connectivity index (χ1v) is 13.2. The van der Waals surface area contributed by atoms with Gasteiger partial charge in [-0.05, 0) is 90.1 Å². The lowest BCUT2D eigenvalue weighted by Crippen LogP contribution is -2.63. The molecule has 3 aliphatic rings. The van der Waals surface area contributed by atoms with Crippen LogP contribution in [0.1, 0.15) is 40.7 Å². The Morgan fingerprint density at radius 3 is 2.44 bits per heavy atom. The first-order chi connectivity index (χ1) is 18.3. The van der Waals surface area contributed by atoms with Crippen molar-refractivity contribution in [1.29, 1.82) is 0 Å². The average molecular weight is 543 g/mol. The van der Waals surface area contributed by atoms with Crippen molar-refractivity contribution in [3.8, 4) is 5.75 Å². The minimum absolute atomic E-state index is 0.0303. The van der Waals surface area contributed by atoms with E-state index in [-0.39, 0.29) is 29.7 Å². The highest BCUT2D eigenvalue weighted by Crippen LogP contribution is 2.52. The van der Waals surface area contributed by atoms with E-state index in [1.54, 1.807) is 20.2 Å². The van der Waals surface area contributed by atoms with Crippen molar-refractivity contribution in [3.63, 3.8) is 0 Å². The summed E-state index contributed by atoms with van der Waals surface area (Å²) >= 11 is 0. The number of carbonyl (C=O) groups is 3. The number of aliphatic hydroxyl groups is 3. The predicted octanol–water partition coefficient (Wildman–Crippen LogP) is 0.552. The summed E-state index contributed by atoms with van der Waals surface area (Å²) < 4.78 is 0. The molecule has 1 aromatic rings. The van der Waals surface area contributed by atoms with E-state index in [1.165, 1.54) is 11.0 Å². The number of benzene rings is 1. The van der Waals surface area contributed by atoms with Gasteiger partial charge in [0.15, 0.2) is 11.4 Å². The number of unbranched alkanes of at least 4 members (excludes halogenated alkanes) is 1. The van der Waals surface area contributed by atoms with Crippen molar-refractivity contribution in [1.82, 2.24) is 15.1 Å². The fourth-order valence-electron chi connectivity index (χ4n) is 6.38. The van der Waals surface area contributed by atoms with Crippen LogP contribution in [0.4, 0.5) is 0 Å². The standard InChI is InChI=1S/C28H38N4O7/c1-31(2)10-6-5-9-30-13-14-7-8-18(33)20-16(14)11-15-12-17-22(32(3)4)24(35)21(27(29)38)26(37)28(17,39)25(36)19(15)23(20)34/h7-8,15,17,22,30,33,35-36,39H,5-6,9-13H2,1-4H3,(H2,29,38)/t15-,17-,22?,28-/m0/s1. The highest BCUT2D eigenvalue weighted by Gasteiger charge is 2.63. The third kappa shape index (κ3) is 4.73. The van der Waals surface area contributed by atoms with Gasteiger partial charge >= 0.3 is 0 Å². The van der Waals surface area contributed by atoms with E-state index >= 15 is 0 Å². The van der Waals surface area contributed by atoms with Crippen molar-refractivity contribution < 1.29 is 34.8 Å². The lowest BCUT2D eigenvalue weighted by atomic mass is 9.58. The molecule has 4 atom stereocenters. The molecule has 7 N–H and O–H groups in total. The van der Waals surface area contributed by atoms with Crippen LogP contribution in [-0.2, 0) is 22.6 Å². The first-order valence-electron chi connectivity index (χ1n) is 13.2. The number of nitrogens with zero attached hydrogens (tertiary/aromatic N) is 2. The summed E-state index contributed by atoms with van der Waals surface area (Å²) in [5.74, 6) is -6.48. The zero-order valence-electron chi connectivity index (χ0n) is 22.8. The van der Waals surface area contributed by atoms with Crippen LogP contribution < -0.4 is 11.1 Å². The molecule has 1 unspecified atom stereocenters. The number of Topliss-reactive ketones (excluding diaryl/α,β-unsaturated/α-hetero) is 2. The minimum Gasteiger partial charge on any atom is -0.510 e. The second kappa shape index (κ2) is 10.7. The van der Waals surface area contributed by atoms with E-state index in [4.69, 9.17) is 5.73 Å². The van der Waals surface area contributed by atoms with Gasteiger partial charge in [0.2, 0.25) is 5.78 Å². The van der Waals surface area contributed by atoms with Gasteiger partial charge in [-0.3, -0.25) is 19.3 Å². The molecule has 0 bridgehead atoms. The van der Waals surface area contributed by atoms with E-state index in [0.29, 0.717) is 12.1 Å². The van der Waals surface area contributed by atoms with Crippen LogP contribution in [0.25, 0.3) is 0 Å². The molecule has 39 heavy (non-hydrogen) atoms. The molecule has 3 aliphatic carbocycles. The summed E-state index contributed by atoms with van der Waals surface area (Å²) in [4.78, 5) is 42.8. The summed E-state index contributed by atoms with van der Waals surface area (Å²) in [6.45, 7) is 2.25. The Morgan fingerprint density at radius 1 is 1.13 bits per heavy atom. The van der Waals surface area contributed by atoms with Crippen molar-refractivity contribution in [2.75, 3.05) is 41.3 Å². The Bertz CT molecular complexity index is 1270. The molecule has 0 heterocycles. The van der Waals surface area contributed by atoms with Crippen LogP contribution in [-0.4, -0.2) is 101 Å². The number of aromatic hydroxyl groups is 1. The molecule has 0 spiro atoms. The maximum absolute atomic E-state index is 13.7. The van der Waals surface area contributed by atoms with Crippen molar-refractivity contribution in [2.24, 2.45) is 17.6 Å². The highest BCUT2D eigenvalue weighted by atomic mass is 16.3. The number of likely N-dealkylation sites (N-methyl/N-ethyl adjacent to an activating group) is 1. The number of aliphatic hydroxyl groups excluding tert-OH is 2. The minimum atomic E-state index is -2.63. The monoisotopic (exact) mass is 542 g/mol. The van der Waals surface area contributed by atoms with E-state index < -0.39 is 58.0 Å². The number of amides is 1. The fraction of sp³-hybridized carbons (Fsp3) is 0.536. The van der Waals surface area contributed by atoms with Crippen LogP contribution in [0.3, 0.4) is 0 Å². The van der Waals surface area contributed by atoms with Crippen LogP contribution in [0, 0.1) is 11.8 Å². The van der Waals surface area contributed by atoms with Crippen LogP contribution in [0.5, 0.6) is 5.75 Å². The Balaban J connectivity index is 1.72. The third-order valence-corrected chi connectivity index (χ3v) is 8.23. The molecule has 0 aromatic heterocycles. The summed E-state index contributed by atoms with van der Waals surface area (Å²) in [6, 6.07) is 2.18. The first kappa shape index (κ1) is 28.8. The highest BCUT2D eigenvalue weighted by molar-refractivity contribution is 6.24. The molecule has 0 aliphatic heterocycles. The Morgan fingerprint density at radius 2 is 1.82 bits per heavy atom. The molecule has 0 saturated carbocycles. The molecule has 212 valence electrons. The van der Waals surface area contributed by atoms with Gasteiger partial charge in [0.25, 0.3) is 5.91 Å². The Hall–Kier alpha value is -3.25. The van der Waals surface area contributed by atoms with E-state index in [2.05, 4.69) is 10.2 Å². The van der Waals surface area contributed by atoms with Gasteiger partial charge in [-0.25, -0.2) is 0 Å². The molecule has 4 rings (SSSR count). The maximum atomic E-state index is 13.7. The number of primary amides is 1. The lowest BCUT2D eigenvalue weighted by Gasteiger charge is -2.50. The smallest absolute Gasteiger partial charge is 0.255 e. The number of carbonyl (C=O) groups excluding carboxylic acids is 3. The molecular weight excluding hydrogens is 504 g/mol. The van der Waals surface area contributed by atoms with Crippen LogP contribution >= 0.6 is 0 Å². The zero-order valence-corrected chi connectivity index (χ0v) is 22.8. The van der Waals surface area contributed by atoms with Crippen molar-refractivity contribution in [2.45, 2.75) is 43.9 Å². The average Bonchev–Trinajstić information content (AvgIpc) is 2.84. The molecule has 11 heteroatoms. The van der Waals surface area contributed by atoms with E-state index in [0.717, 1.165) is 31.5 Å². The SMILES string of the molecule is CN(C)CCCCNCc1ccc(O)c2c1C[C@H]1C[C@H]3C(N(C)C)C(O)=C(C(N)=O)C(=O)[C@@]3(O)C(O)=C1C2=O. The fourth-order valence-corrected chi connectivity index (χ4v) is 6.38.